The third-order valence-electron chi connectivity index (χ3n) is 3.36. The van der Waals surface area contributed by atoms with Crippen LogP contribution >= 0.6 is 15.9 Å². The Labute approximate surface area is 109 Å². The first-order chi connectivity index (χ1) is 8.06. The average molecular weight is 298 g/mol. The van der Waals surface area contributed by atoms with Crippen LogP contribution in [-0.2, 0) is 0 Å². The summed E-state index contributed by atoms with van der Waals surface area (Å²) in [5.41, 5.74) is 1.60. The fraction of sp³-hybridized carbons (Fsp3) is 0.462. The third kappa shape index (κ3) is 2.87. The number of aliphatic hydroxyl groups is 1. The van der Waals surface area contributed by atoms with Gasteiger partial charge in [-0.3, -0.25) is 4.79 Å². The lowest BCUT2D eigenvalue weighted by Gasteiger charge is -2.13. The van der Waals surface area contributed by atoms with Crippen molar-refractivity contribution < 1.29 is 9.90 Å². The Bertz CT molecular complexity index is 441. The van der Waals surface area contributed by atoms with Crippen molar-refractivity contribution in [1.82, 2.24) is 5.32 Å². The van der Waals surface area contributed by atoms with E-state index in [2.05, 4.69) is 21.2 Å². The van der Waals surface area contributed by atoms with E-state index in [1.54, 1.807) is 0 Å². The molecule has 3 nitrogen and oxygen atoms in total. The number of aryl methyl sites for hydroxylation is 1. The molecule has 92 valence electrons. The van der Waals surface area contributed by atoms with E-state index in [-0.39, 0.29) is 17.9 Å². The number of benzene rings is 1. The Morgan fingerprint density at radius 2 is 2.24 bits per heavy atom. The highest BCUT2D eigenvalue weighted by Crippen LogP contribution is 2.44. The van der Waals surface area contributed by atoms with Crippen molar-refractivity contribution in [2.24, 2.45) is 5.41 Å². The molecule has 0 radical (unpaired) electrons. The molecule has 0 atom stereocenters. The second-order valence-electron chi connectivity index (χ2n) is 4.80. The lowest BCUT2D eigenvalue weighted by Crippen LogP contribution is -2.32. The molecule has 0 bridgehead atoms. The van der Waals surface area contributed by atoms with Gasteiger partial charge in [0.25, 0.3) is 5.91 Å². The normalized spacial score (nSPS) is 16.6. The first kappa shape index (κ1) is 12.6. The van der Waals surface area contributed by atoms with E-state index in [1.165, 1.54) is 0 Å². The lowest BCUT2D eigenvalue weighted by molar-refractivity contribution is 0.0934. The summed E-state index contributed by atoms with van der Waals surface area (Å²) < 4.78 is 0.900. The fourth-order valence-electron chi connectivity index (χ4n) is 1.77. The van der Waals surface area contributed by atoms with Gasteiger partial charge >= 0.3 is 0 Å². The highest BCUT2D eigenvalue weighted by Gasteiger charge is 2.42. The Morgan fingerprint density at radius 1 is 1.53 bits per heavy atom. The fourth-order valence-corrected chi connectivity index (χ4v) is 2.13. The first-order valence-corrected chi connectivity index (χ1v) is 6.51. The Morgan fingerprint density at radius 3 is 2.82 bits per heavy atom. The molecule has 0 aliphatic heterocycles. The minimum absolute atomic E-state index is 0.0461. The summed E-state index contributed by atoms with van der Waals surface area (Å²) in [6.45, 7) is 2.64. The molecule has 2 N–H and O–H groups in total. The summed E-state index contributed by atoms with van der Waals surface area (Å²) >= 11 is 3.36. The molecule has 4 heteroatoms. The van der Waals surface area contributed by atoms with Gasteiger partial charge in [-0.05, 0) is 37.5 Å². The molecule has 0 aromatic heterocycles. The van der Waals surface area contributed by atoms with Crippen LogP contribution in [0.3, 0.4) is 0 Å². The number of hydrogen-bond acceptors (Lipinski definition) is 2. The van der Waals surface area contributed by atoms with Gasteiger partial charge in [-0.1, -0.05) is 22.0 Å². The van der Waals surface area contributed by atoms with Gasteiger partial charge in [0.2, 0.25) is 0 Å². The van der Waals surface area contributed by atoms with E-state index >= 15 is 0 Å². The number of nitrogens with one attached hydrogen (secondary N) is 1. The van der Waals surface area contributed by atoms with Crippen molar-refractivity contribution in [2.45, 2.75) is 19.8 Å². The van der Waals surface area contributed by atoms with Crippen LogP contribution in [0.1, 0.15) is 28.8 Å². The van der Waals surface area contributed by atoms with E-state index in [0.29, 0.717) is 12.1 Å². The van der Waals surface area contributed by atoms with Gasteiger partial charge < -0.3 is 10.4 Å². The van der Waals surface area contributed by atoms with Crippen molar-refractivity contribution >= 4 is 21.8 Å². The molecule has 0 unspecified atom stereocenters. The Hall–Kier alpha value is -0.870. The smallest absolute Gasteiger partial charge is 0.251 e. The van der Waals surface area contributed by atoms with Gasteiger partial charge in [-0.25, -0.2) is 0 Å². The van der Waals surface area contributed by atoms with E-state index in [1.807, 2.05) is 25.1 Å². The van der Waals surface area contributed by atoms with Gasteiger partial charge in [0.05, 0.1) is 6.61 Å². The van der Waals surface area contributed by atoms with Crippen molar-refractivity contribution in [3.8, 4) is 0 Å². The van der Waals surface area contributed by atoms with Crippen LogP contribution in [0.5, 0.6) is 0 Å². The van der Waals surface area contributed by atoms with Crippen molar-refractivity contribution in [3.63, 3.8) is 0 Å². The number of halogens is 1. The summed E-state index contributed by atoms with van der Waals surface area (Å²) in [5.74, 6) is -0.0662. The highest BCUT2D eigenvalue weighted by molar-refractivity contribution is 9.10. The van der Waals surface area contributed by atoms with Crippen LogP contribution in [0, 0.1) is 12.3 Å². The first-order valence-electron chi connectivity index (χ1n) is 5.72. The number of carbonyl (C=O) groups is 1. The number of carbonyl (C=O) groups excluding carboxylic acids is 1. The monoisotopic (exact) mass is 297 g/mol. The third-order valence-corrected chi connectivity index (χ3v) is 3.85. The largest absolute Gasteiger partial charge is 0.396 e. The zero-order chi connectivity index (χ0) is 12.5. The van der Waals surface area contributed by atoms with Gasteiger partial charge in [0.1, 0.15) is 0 Å². The molecule has 0 heterocycles. The predicted octanol–water partition coefficient (Wildman–Crippen LogP) is 2.26. The van der Waals surface area contributed by atoms with Gasteiger partial charge in [0, 0.05) is 22.0 Å². The molecule has 1 fully saturated rings. The van der Waals surface area contributed by atoms with Crippen molar-refractivity contribution in [1.29, 1.82) is 0 Å². The molecule has 1 aliphatic carbocycles. The summed E-state index contributed by atoms with van der Waals surface area (Å²) in [6.07, 6.45) is 2.00. The maximum absolute atomic E-state index is 12.0. The molecule has 1 saturated carbocycles. The van der Waals surface area contributed by atoms with Crippen LogP contribution in [0.15, 0.2) is 22.7 Å². The molecular weight excluding hydrogens is 282 g/mol. The number of rotatable bonds is 4. The van der Waals surface area contributed by atoms with E-state index in [0.717, 1.165) is 22.9 Å². The molecule has 0 saturated heterocycles. The molecule has 17 heavy (non-hydrogen) atoms. The molecule has 1 aliphatic rings. The lowest BCUT2D eigenvalue weighted by atomic mass is 10.1. The molecular formula is C13H16BrNO2. The minimum atomic E-state index is -0.0662. The molecule has 1 amide bonds. The molecule has 0 spiro atoms. The summed E-state index contributed by atoms with van der Waals surface area (Å²) in [6, 6.07) is 5.66. The number of aliphatic hydroxyl groups excluding tert-OH is 1. The summed E-state index contributed by atoms with van der Waals surface area (Å²) in [7, 11) is 0. The van der Waals surface area contributed by atoms with Crippen molar-refractivity contribution in [3.05, 3.63) is 33.8 Å². The minimum Gasteiger partial charge on any atom is -0.396 e. The second-order valence-corrected chi connectivity index (χ2v) is 5.72. The molecule has 1 aromatic rings. The predicted molar refractivity (Wildman–Crippen MR) is 70.0 cm³/mol. The van der Waals surface area contributed by atoms with Crippen LogP contribution in [-0.4, -0.2) is 24.2 Å². The maximum Gasteiger partial charge on any atom is 0.251 e. The van der Waals surface area contributed by atoms with Crippen LogP contribution in [0.2, 0.25) is 0 Å². The van der Waals surface area contributed by atoms with E-state index in [9.17, 15) is 9.90 Å². The van der Waals surface area contributed by atoms with Crippen molar-refractivity contribution in [2.75, 3.05) is 13.2 Å². The average Bonchev–Trinajstić information content (AvgIpc) is 3.10. The Balaban J connectivity index is 2.02. The molecule has 2 rings (SSSR count). The van der Waals surface area contributed by atoms with Crippen LogP contribution in [0.4, 0.5) is 0 Å². The van der Waals surface area contributed by atoms with Crippen LogP contribution < -0.4 is 5.32 Å². The second kappa shape index (κ2) is 4.78. The topological polar surface area (TPSA) is 49.3 Å². The number of amides is 1. The zero-order valence-corrected chi connectivity index (χ0v) is 11.4. The maximum atomic E-state index is 12.0. The number of hydrogen-bond donors (Lipinski definition) is 2. The molecule has 1 aromatic carbocycles. The quantitative estimate of drug-likeness (QED) is 0.896. The zero-order valence-electron chi connectivity index (χ0n) is 9.79. The van der Waals surface area contributed by atoms with E-state index in [4.69, 9.17) is 0 Å². The van der Waals surface area contributed by atoms with Gasteiger partial charge in [-0.2, -0.15) is 0 Å². The van der Waals surface area contributed by atoms with E-state index < -0.39 is 0 Å². The Kier molecular flexibility index (Phi) is 3.54. The summed E-state index contributed by atoms with van der Waals surface area (Å²) in [5, 5.41) is 12.1. The summed E-state index contributed by atoms with van der Waals surface area (Å²) in [4.78, 5) is 12.0. The SMILES string of the molecule is Cc1ccc(Br)cc1C(=O)NCC1(CO)CC1. The van der Waals surface area contributed by atoms with Crippen LogP contribution in [0.25, 0.3) is 0 Å². The van der Waals surface area contributed by atoms with Gasteiger partial charge in [-0.15, -0.1) is 0 Å². The highest BCUT2D eigenvalue weighted by atomic mass is 79.9. The van der Waals surface area contributed by atoms with Gasteiger partial charge in [0.15, 0.2) is 0 Å². The standard InChI is InChI=1S/C13H16BrNO2/c1-9-2-3-10(14)6-11(9)12(17)15-7-13(8-16)4-5-13/h2-3,6,16H,4-5,7-8H2,1H3,(H,15,17).